The fourth-order valence-electron chi connectivity index (χ4n) is 1.44. The highest BCUT2D eigenvalue weighted by Crippen LogP contribution is 2.14. The zero-order valence-electron chi connectivity index (χ0n) is 11.6. The van der Waals surface area contributed by atoms with Crippen LogP contribution in [0.1, 0.15) is 42.4 Å². The Labute approximate surface area is 123 Å². The van der Waals surface area contributed by atoms with Gasteiger partial charge >= 0.3 is 0 Å². The van der Waals surface area contributed by atoms with Gasteiger partial charge < -0.3 is 10.6 Å². The fraction of sp³-hybridized carbons (Fsp3) is 0.750. The van der Waals surface area contributed by atoms with E-state index in [0.717, 1.165) is 25.8 Å². The van der Waals surface area contributed by atoms with Crippen LogP contribution < -0.4 is 10.6 Å². The second-order valence-electron chi connectivity index (χ2n) is 4.15. The number of anilines is 1. The summed E-state index contributed by atoms with van der Waals surface area (Å²) < 4.78 is 0. The lowest BCUT2D eigenvalue weighted by Crippen LogP contribution is -2.24. The lowest BCUT2D eigenvalue weighted by molar-refractivity contribution is 0.0952. The molecule has 0 aliphatic heterocycles. The third-order valence-corrected chi connectivity index (χ3v) is 4.03. The Hall–Kier alpha value is -0.820. The van der Waals surface area contributed by atoms with Crippen molar-refractivity contribution in [2.45, 2.75) is 32.6 Å². The highest BCUT2D eigenvalue weighted by Gasteiger charge is 2.11. The minimum atomic E-state index is -0.119. The van der Waals surface area contributed by atoms with Gasteiger partial charge in [0.2, 0.25) is 10.1 Å². The molecule has 7 heteroatoms. The summed E-state index contributed by atoms with van der Waals surface area (Å²) in [5.74, 6) is 1.07. The van der Waals surface area contributed by atoms with Crippen molar-refractivity contribution in [2.75, 3.05) is 30.4 Å². The molecule has 0 spiro atoms. The quantitative estimate of drug-likeness (QED) is 0.650. The highest BCUT2D eigenvalue weighted by atomic mass is 32.2. The summed E-state index contributed by atoms with van der Waals surface area (Å²) in [5.41, 5.74) is 0. The number of carbonyl (C=O) groups excluding carboxylic acids is 1. The van der Waals surface area contributed by atoms with Crippen LogP contribution >= 0.6 is 23.1 Å². The van der Waals surface area contributed by atoms with E-state index in [1.807, 2.05) is 11.8 Å². The van der Waals surface area contributed by atoms with Gasteiger partial charge in [0, 0.05) is 13.1 Å². The van der Waals surface area contributed by atoms with Crippen molar-refractivity contribution in [1.29, 1.82) is 0 Å². The van der Waals surface area contributed by atoms with Gasteiger partial charge in [0.05, 0.1) is 0 Å². The SMILES string of the molecule is CCCNc1nnc(C(=O)NCCCCCSC)s1. The molecule has 0 fully saturated rings. The number of aromatic nitrogens is 2. The molecular weight excluding hydrogens is 280 g/mol. The van der Waals surface area contributed by atoms with Crippen LogP contribution in [-0.4, -0.2) is 41.2 Å². The molecule has 0 radical (unpaired) electrons. The Morgan fingerprint density at radius 1 is 1.26 bits per heavy atom. The number of hydrogen-bond donors (Lipinski definition) is 2. The number of nitrogens with zero attached hydrogens (tertiary/aromatic N) is 2. The molecule has 0 aromatic carbocycles. The van der Waals surface area contributed by atoms with Crippen LogP contribution in [0.25, 0.3) is 0 Å². The van der Waals surface area contributed by atoms with E-state index in [-0.39, 0.29) is 5.91 Å². The highest BCUT2D eigenvalue weighted by molar-refractivity contribution is 7.98. The maximum atomic E-state index is 11.8. The Kier molecular flexibility index (Phi) is 8.57. The van der Waals surface area contributed by atoms with Crippen molar-refractivity contribution in [1.82, 2.24) is 15.5 Å². The van der Waals surface area contributed by atoms with Gasteiger partial charge in [0.1, 0.15) is 0 Å². The molecule has 1 aromatic heterocycles. The average Bonchev–Trinajstić information content (AvgIpc) is 2.89. The van der Waals surface area contributed by atoms with Crippen LogP contribution in [0.4, 0.5) is 5.13 Å². The number of nitrogens with one attached hydrogen (secondary N) is 2. The number of carbonyl (C=O) groups is 1. The number of amides is 1. The normalized spacial score (nSPS) is 10.4. The van der Waals surface area contributed by atoms with Crippen LogP contribution in [-0.2, 0) is 0 Å². The van der Waals surface area contributed by atoms with Gasteiger partial charge in [-0.3, -0.25) is 4.79 Å². The molecule has 5 nitrogen and oxygen atoms in total. The minimum Gasteiger partial charge on any atom is -0.360 e. The minimum absolute atomic E-state index is 0.119. The topological polar surface area (TPSA) is 66.9 Å². The maximum Gasteiger partial charge on any atom is 0.282 e. The van der Waals surface area contributed by atoms with Crippen molar-refractivity contribution in [3.05, 3.63) is 5.01 Å². The van der Waals surface area contributed by atoms with Crippen molar-refractivity contribution < 1.29 is 4.79 Å². The zero-order chi connectivity index (χ0) is 13.9. The van der Waals surface area contributed by atoms with E-state index in [1.165, 1.54) is 23.5 Å². The Bertz CT molecular complexity index is 370. The molecule has 0 saturated carbocycles. The third-order valence-electron chi connectivity index (χ3n) is 2.46. The summed E-state index contributed by atoms with van der Waals surface area (Å²) in [4.78, 5) is 11.8. The zero-order valence-corrected chi connectivity index (χ0v) is 13.2. The summed E-state index contributed by atoms with van der Waals surface area (Å²) in [5, 5.41) is 15.0. The number of rotatable bonds is 10. The molecule has 1 rings (SSSR count). The van der Waals surface area contributed by atoms with Gasteiger partial charge in [0.15, 0.2) is 0 Å². The lowest BCUT2D eigenvalue weighted by atomic mass is 10.2. The van der Waals surface area contributed by atoms with Gasteiger partial charge in [-0.15, -0.1) is 10.2 Å². The molecule has 19 heavy (non-hydrogen) atoms. The molecule has 0 aliphatic carbocycles. The Morgan fingerprint density at radius 3 is 2.84 bits per heavy atom. The van der Waals surface area contributed by atoms with E-state index in [0.29, 0.717) is 16.7 Å². The molecule has 1 heterocycles. The number of unbranched alkanes of at least 4 members (excludes halogenated alkanes) is 2. The van der Waals surface area contributed by atoms with Crippen molar-refractivity contribution in [3.63, 3.8) is 0 Å². The van der Waals surface area contributed by atoms with E-state index in [4.69, 9.17) is 0 Å². The summed E-state index contributed by atoms with van der Waals surface area (Å²) in [6, 6.07) is 0. The molecule has 2 N–H and O–H groups in total. The van der Waals surface area contributed by atoms with E-state index < -0.39 is 0 Å². The van der Waals surface area contributed by atoms with Gasteiger partial charge in [-0.25, -0.2) is 0 Å². The molecule has 0 aliphatic rings. The molecule has 108 valence electrons. The van der Waals surface area contributed by atoms with E-state index >= 15 is 0 Å². The first-order valence-corrected chi connectivity index (χ1v) is 8.83. The van der Waals surface area contributed by atoms with E-state index in [1.54, 1.807) is 0 Å². The first kappa shape index (κ1) is 16.2. The van der Waals surface area contributed by atoms with E-state index in [2.05, 4.69) is 34.0 Å². The van der Waals surface area contributed by atoms with Crippen LogP contribution in [0, 0.1) is 0 Å². The molecular formula is C12H22N4OS2. The first-order chi connectivity index (χ1) is 9.27. The van der Waals surface area contributed by atoms with Gasteiger partial charge in [-0.2, -0.15) is 11.8 Å². The molecule has 0 bridgehead atoms. The van der Waals surface area contributed by atoms with Crippen molar-refractivity contribution >= 4 is 34.1 Å². The summed E-state index contributed by atoms with van der Waals surface area (Å²) in [6.45, 7) is 3.65. The number of hydrogen-bond acceptors (Lipinski definition) is 6. The first-order valence-electron chi connectivity index (χ1n) is 6.62. The van der Waals surface area contributed by atoms with Gasteiger partial charge in [0.25, 0.3) is 5.91 Å². The van der Waals surface area contributed by atoms with Crippen molar-refractivity contribution in [2.24, 2.45) is 0 Å². The summed E-state index contributed by atoms with van der Waals surface area (Å²) >= 11 is 3.17. The standard InChI is InChI=1S/C12H22N4OS2/c1-3-7-14-12-16-15-11(19-12)10(17)13-8-5-4-6-9-18-2/h3-9H2,1-2H3,(H,13,17)(H,14,16). The largest absolute Gasteiger partial charge is 0.360 e. The molecule has 0 atom stereocenters. The molecule has 0 saturated heterocycles. The van der Waals surface area contributed by atoms with Crippen LogP contribution in [0.2, 0.25) is 0 Å². The predicted octanol–water partition coefficient (Wildman–Crippen LogP) is 2.62. The fourth-order valence-corrected chi connectivity index (χ4v) is 2.62. The molecule has 0 unspecified atom stereocenters. The van der Waals surface area contributed by atoms with Crippen LogP contribution in [0.5, 0.6) is 0 Å². The third kappa shape index (κ3) is 6.77. The van der Waals surface area contributed by atoms with Crippen LogP contribution in [0.3, 0.4) is 0 Å². The van der Waals surface area contributed by atoms with E-state index in [9.17, 15) is 4.79 Å². The predicted molar refractivity (Wildman–Crippen MR) is 83.3 cm³/mol. The Morgan fingerprint density at radius 2 is 2.11 bits per heavy atom. The molecule has 1 aromatic rings. The summed E-state index contributed by atoms with van der Waals surface area (Å²) in [7, 11) is 0. The van der Waals surface area contributed by atoms with Gasteiger partial charge in [-0.1, -0.05) is 24.7 Å². The molecule has 1 amide bonds. The van der Waals surface area contributed by atoms with Crippen molar-refractivity contribution in [3.8, 4) is 0 Å². The second-order valence-corrected chi connectivity index (χ2v) is 6.11. The second kappa shape index (κ2) is 10.0. The summed E-state index contributed by atoms with van der Waals surface area (Å²) in [6.07, 6.45) is 6.52. The number of thioether (sulfide) groups is 1. The van der Waals surface area contributed by atoms with Gasteiger partial charge in [-0.05, 0) is 31.3 Å². The smallest absolute Gasteiger partial charge is 0.282 e. The Balaban J connectivity index is 2.20. The van der Waals surface area contributed by atoms with Crippen LogP contribution in [0.15, 0.2) is 0 Å². The lowest BCUT2D eigenvalue weighted by Gasteiger charge is -2.02. The maximum absolute atomic E-state index is 11.8. The average molecular weight is 302 g/mol. The monoisotopic (exact) mass is 302 g/mol.